The predicted octanol–water partition coefficient (Wildman–Crippen LogP) is 6.50. The summed E-state index contributed by atoms with van der Waals surface area (Å²) in [7, 11) is -5.32. The van der Waals surface area contributed by atoms with Gasteiger partial charge in [0.25, 0.3) is 10.0 Å². The third kappa shape index (κ3) is 8.01. The van der Waals surface area contributed by atoms with Gasteiger partial charge in [-0.1, -0.05) is 70.3 Å². The number of aromatic nitrogens is 3. The minimum Gasteiger partial charge on any atom is -0.360 e. The molecule has 0 bridgehead atoms. The van der Waals surface area contributed by atoms with E-state index in [1.54, 1.807) is 30.0 Å². The molecule has 9 nitrogen and oxygen atoms in total. The lowest BCUT2D eigenvalue weighted by Crippen LogP contribution is -2.35. The van der Waals surface area contributed by atoms with Crippen LogP contribution in [-0.2, 0) is 33.1 Å². The molecule has 4 rings (SSSR count). The molecule has 0 aliphatic carbocycles. The highest BCUT2D eigenvalue weighted by Crippen LogP contribution is 2.32. The van der Waals surface area contributed by atoms with Crippen molar-refractivity contribution in [3.8, 4) is 0 Å². The van der Waals surface area contributed by atoms with Gasteiger partial charge in [-0.3, -0.25) is 4.90 Å². The molecular weight excluding hydrogens is 587 g/mol. The zero-order chi connectivity index (χ0) is 30.7. The van der Waals surface area contributed by atoms with Crippen LogP contribution < -0.4 is 4.31 Å². The SMILES string of the molecule is CCSc1ncc(C(C)N2CCc3ccc(S(=O)(=O)N(COCC[Si](C)(C)C)c4cc(C(C)(C)C)on4)cc3C2)cn1. The number of nitrogens with zero attached hydrogens (tertiary/aromatic N) is 5. The van der Waals surface area contributed by atoms with Crippen molar-refractivity contribution in [2.45, 2.75) is 94.8 Å². The third-order valence-corrected chi connectivity index (χ3v) is 11.6. The molecule has 2 aromatic heterocycles. The summed E-state index contributed by atoms with van der Waals surface area (Å²) in [6.45, 7) is 18.9. The van der Waals surface area contributed by atoms with Crippen molar-refractivity contribution in [2.75, 3.05) is 29.9 Å². The third-order valence-electron chi connectivity index (χ3n) is 7.46. The van der Waals surface area contributed by atoms with Crippen LogP contribution >= 0.6 is 11.8 Å². The van der Waals surface area contributed by atoms with E-state index in [1.165, 1.54) is 4.31 Å². The lowest BCUT2D eigenvalue weighted by Gasteiger charge is -2.34. The number of sulfonamides is 1. The van der Waals surface area contributed by atoms with E-state index in [0.717, 1.165) is 46.6 Å². The highest BCUT2D eigenvalue weighted by Gasteiger charge is 2.32. The molecule has 0 saturated carbocycles. The van der Waals surface area contributed by atoms with Crippen molar-refractivity contribution in [1.82, 2.24) is 20.0 Å². The zero-order valence-corrected chi connectivity index (χ0v) is 28.8. The van der Waals surface area contributed by atoms with Gasteiger partial charge in [-0.25, -0.2) is 22.7 Å². The molecule has 3 aromatic rings. The van der Waals surface area contributed by atoms with E-state index in [0.29, 0.717) is 18.9 Å². The maximum Gasteiger partial charge on any atom is 0.267 e. The average molecular weight is 632 g/mol. The van der Waals surface area contributed by atoms with E-state index in [9.17, 15) is 8.42 Å². The second-order valence-corrected chi connectivity index (χ2v) is 21.8. The summed E-state index contributed by atoms with van der Waals surface area (Å²) in [5.41, 5.74) is 2.90. The van der Waals surface area contributed by atoms with E-state index >= 15 is 0 Å². The Bertz CT molecular complexity index is 1450. The van der Waals surface area contributed by atoms with Crippen LogP contribution in [0.3, 0.4) is 0 Å². The summed E-state index contributed by atoms with van der Waals surface area (Å²) in [4.78, 5) is 11.6. The van der Waals surface area contributed by atoms with Gasteiger partial charge in [-0.15, -0.1) is 0 Å². The first kappa shape index (κ1) is 32.7. The lowest BCUT2D eigenvalue weighted by atomic mass is 9.93. The lowest BCUT2D eigenvalue weighted by molar-refractivity contribution is 0.155. The largest absolute Gasteiger partial charge is 0.360 e. The number of ether oxygens (including phenoxy) is 1. The van der Waals surface area contributed by atoms with Crippen LogP contribution in [0.2, 0.25) is 25.7 Å². The second kappa shape index (κ2) is 13.2. The molecule has 0 saturated heterocycles. The maximum atomic E-state index is 14.1. The van der Waals surface area contributed by atoms with Crippen LogP contribution in [0.5, 0.6) is 0 Å². The normalized spacial score (nSPS) is 15.4. The Morgan fingerprint density at radius 1 is 1.14 bits per heavy atom. The fraction of sp³-hybridized carbons (Fsp3) is 0.567. The maximum absolute atomic E-state index is 14.1. The summed E-state index contributed by atoms with van der Waals surface area (Å²) in [5, 5.41) is 4.94. The topological polar surface area (TPSA) is 102 Å². The molecule has 0 radical (unpaired) electrons. The van der Waals surface area contributed by atoms with E-state index in [2.05, 4.69) is 53.5 Å². The Labute approximate surface area is 256 Å². The van der Waals surface area contributed by atoms with Crippen LogP contribution in [0.25, 0.3) is 0 Å². The molecule has 3 heterocycles. The Balaban J connectivity index is 1.58. The predicted molar refractivity (Wildman–Crippen MR) is 171 cm³/mol. The molecule has 0 spiro atoms. The smallest absolute Gasteiger partial charge is 0.267 e. The monoisotopic (exact) mass is 631 g/mol. The van der Waals surface area contributed by atoms with Gasteiger partial charge in [0.15, 0.2) is 11.0 Å². The summed E-state index contributed by atoms with van der Waals surface area (Å²) < 4.78 is 41.0. The molecule has 1 unspecified atom stereocenters. The number of rotatable bonds is 12. The van der Waals surface area contributed by atoms with Crippen molar-refractivity contribution in [3.63, 3.8) is 0 Å². The van der Waals surface area contributed by atoms with Gasteiger partial charge >= 0.3 is 0 Å². The molecule has 42 heavy (non-hydrogen) atoms. The Morgan fingerprint density at radius 2 is 1.86 bits per heavy atom. The van der Waals surface area contributed by atoms with Gasteiger partial charge in [-0.2, -0.15) is 0 Å². The molecule has 230 valence electrons. The van der Waals surface area contributed by atoms with Crippen LogP contribution in [0, 0.1) is 0 Å². The standard InChI is InChI=1S/C30H45N5O4S2Si/c1-9-40-29-31-18-25(19-32-29)22(2)34-13-12-23-10-11-26(16-24(23)20-34)41(36,37)35(21-38-14-15-42(6,7)8)28-17-27(39-33-28)30(3,4)5/h10-11,16-19,22H,9,12-15,20-21H2,1-8H3. The molecule has 1 atom stereocenters. The van der Waals surface area contributed by atoms with Gasteiger partial charge in [0, 0.05) is 63.3 Å². The summed E-state index contributed by atoms with van der Waals surface area (Å²) in [6.07, 6.45) is 4.64. The first-order chi connectivity index (χ1) is 19.7. The number of hydrogen-bond donors (Lipinski definition) is 0. The van der Waals surface area contributed by atoms with Crippen molar-refractivity contribution < 1.29 is 17.7 Å². The molecule has 0 fully saturated rings. The molecule has 0 N–H and O–H groups in total. The molecule has 1 aliphatic heterocycles. The molecule has 1 aromatic carbocycles. The number of anilines is 1. The van der Waals surface area contributed by atoms with E-state index in [4.69, 9.17) is 9.26 Å². The summed E-state index contributed by atoms with van der Waals surface area (Å²) in [5.74, 6) is 1.77. The first-order valence-electron chi connectivity index (χ1n) is 14.6. The van der Waals surface area contributed by atoms with Gasteiger partial charge in [-0.05, 0) is 48.4 Å². The van der Waals surface area contributed by atoms with Crippen molar-refractivity contribution >= 4 is 35.7 Å². The molecule has 12 heteroatoms. The van der Waals surface area contributed by atoms with E-state index in [1.807, 2.05) is 39.2 Å². The number of benzene rings is 1. The zero-order valence-electron chi connectivity index (χ0n) is 26.2. The van der Waals surface area contributed by atoms with Gasteiger partial charge < -0.3 is 9.26 Å². The number of hydrogen-bond acceptors (Lipinski definition) is 9. The molecular formula is C30H45N5O4S2Si. The minimum absolute atomic E-state index is 0.0984. The minimum atomic E-state index is -3.98. The Hall–Kier alpha value is -2.25. The van der Waals surface area contributed by atoms with Crippen LogP contribution in [0.4, 0.5) is 5.82 Å². The van der Waals surface area contributed by atoms with Crippen LogP contribution in [-0.4, -0.2) is 62.2 Å². The molecule has 0 amide bonds. The number of fused-ring (bicyclic) bond motifs is 1. The fourth-order valence-corrected chi connectivity index (χ4v) is 7.25. The highest BCUT2D eigenvalue weighted by molar-refractivity contribution is 7.99. The van der Waals surface area contributed by atoms with E-state index < -0.39 is 18.1 Å². The summed E-state index contributed by atoms with van der Waals surface area (Å²) >= 11 is 1.62. The van der Waals surface area contributed by atoms with Gasteiger partial charge in [0.1, 0.15) is 12.5 Å². The van der Waals surface area contributed by atoms with Crippen LogP contribution in [0.15, 0.2) is 51.2 Å². The Kier molecular flexibility index (Phi) is 10.2. The van der Waals surface area contributed by atoms with Crippen molar-refractivity contribution in [3.05, 3.63) is 59.1 Å². The average Bonchev–Trinajstić information content (AvgIpc) is 3.42. The van der Waals surface area contributed by atoms with Crippen molar-refractivity contribution in [2.24, 2.45) is 0 Å². The number of thioether (sulfide) groups is 1. The van der Waals surface area contributed by atoms with E-state index in [-0.39, 0.29) is 28.9 Å². The quantitative estimate of drug-likeness (QED) is 0.0729. The van der Waals surface area contributed by atoms with Crippen molar-refractivity contribution in [1.29, 1.82) is 0 Å². The van der Waals surface area contributed by atoms with Gasteiger partial charge in [0.05, 0.1) is 4.90 Å². The van der Waals surface area contributed by atoms with Gasteiger partial charge in [0.2, 0.25) is 0 Å². The fourth-order valence-electron chi connectivity index (χ4n) is 4.65. The second-order valence-electron chi connectivity index (χ2n) is 13.1. The van der Waals surface area contributed by atoms with Crippen LogP contribution in [0.1, 0.15) is 63.1 Å². The first-order valence-corrected chi connectivity index (χ1v) is 20.7. The Morgan fingerprint density at radius 3 is 2.48 bits per heavy atom. The molecule has 1 aliphatic rings. The highest BCUT2D eigenvalue weighted by atomic mass is 32.2. The summed E-state index contributed by atoms with van der Waals surface area (Å²) in [6, 6.07) is 8.18.